The van der Waals surface area contributed by atoms with Crippen molar-refractivity contribution < 1.29 is 0 Å². The second-order valence-corrected chi connectivity index (χ2v) is 12.6. The summed E-state index contributed by atoms with van der Waals surface area (Å²) < 4.78 is 0. The molecular formula is C14H31ClSi. The summed E-state index contributed by atoms with van der Waals surface area (Å²) in [6.45, 7) is 16.3. The van der Waals surface area contributed by atoms with Gasteiger partial charge >= 0.3 is 0 Å². The van der Waals surface area contributed by atoms with Crippen molar-refractivity contribution in [2.75, 3.05) is 0 Å². The van der Waals surface area contributed by atoms with Crippen LogP contribution in [0.5, 0.6) is 0 Å². The van der Waals surface area contributed by atoms with Gasteiger partial charge in [-0.15, -0.1) is 0 Å². The molecule has 0 radical (unpaired) electrons. The van der Waals surface area contributed by atoms with Crippen LogP contribution in [-0.2, 0) is 0 Å². The molecule has 0 heterocycles. The molecule has 0 nitrogen and oxygen atoms in total. The lowest BCUT2D eigenvalue weighted by Crippen LogP contribution is -2.47. The van der Waals surface area contributed by atoms with E-state index in [2.05, 4.69) is 48.5 Å². The highest BCUT2D eigenvalue weighted by molar-refractivity contribution is 7.23. The maximum Gasteiger partial charge on any atom is 0.167 e. The van der Waals surface area contributed by atoms with Crippen molar-refractivity contribution in [1.29, 1.82) is 0 Å². The monoisotopic (exact) mass is 262 g/mol. The van der Waals surface area contributed by atoms with Gasteiger partial charge in [-0.25, -0.2) is 0 Å². The van der Waals surface area contributed by atoms with Crippen LogP contribution in [0, 0.1) is 0 Å². The Morgan fingerprint density at radius 1 is 0.812 bits per heavy atom. The van der Waals surface area contributed by atoms with Crippen molar-refractivity contribution in [1.82, 2.24) is 0 Å². The SMILES string of the molecule is CCC(CC)[Si](Cl)(C(CC)CC)C(C)(C)C. The van der Waals surface area contributed by atoms with Crippen molar-refractivity contribution >= 4 is 18.5 Å². The molecule has 0 aromatic rings. The summed E-state index contributed by atoms with van der Waals surface area (Å²) in [5, 5.41) is 0.307. The molecule has 0 saturated carbocycles. The van der Waals surface area contributed by atoms with Crippen LogP contribution in [0.4, 0.5) is 0 Å². The van der Waals surface area contributed by atoms with E-state index < -0.39 is 7.38 Å². The van der Waals surface area contributed by atoms with Gasteiger partial charge in [-0.05, 0) is 16.1 Å². The van der Waals surface area contributed by atoms with Crippen molar-refractivity contribution in [3.63, 3.8) is 0 Å². The molecule has 0 aliphatic heterocycles. The van der Waals surface area contributed by atoms with Gasteiger partial charge in [-0.3, -0.25) is 0 Å². The van der Waals surface area contributed by atoms with E-state index in [1.165, 1.54) is 25.7 Å². The topological polar surface area (TPSA) is 0 Å². The highest BCUT2D eigenvalue weighted by Gasteiger charge is 2.52. The highest BCUT2D eigenvalue weighted by atomic mass is 35.6. The third kappa shape index (κ3) is 3.04. The molecule has 0 spiro atoms. The van der Waals surface area contributed by atoms with Crippen LogP contribution in [-0.4, -0.2) is 7.38 Å². The number of rotatable bonds is 6. The zero-order chi connectivity index (χ0) is 13.0. The fraction of sp³-hybridized carbons (Fsp3) is 1.00. The van der Waals surface area contributed by atoms with Gasteiger partial charge in [0.2, 0.25) is 0 Å². The third-order valence-corrected chi connectivity index (χ3v) is 14.2. The fourth-order valence-corrected chi connectivity index (χ4v) is 10.7. The van der Waals surface area contributed by atoms with Crippen molar-refractivity contribution in [3.8, 4) is 0 Å². The predicted molar refractivity (Wildman–Crippen MR) is 80.0 cm³/mol. The second-order valence-electron chi connectivity index (χ2n) is 6.04. The Bertz CT molecular complexity index is 175. The quantitative estimate of drug-likeness (QED) is 0.386. The van der Waals surface area contributed by atoms with Crippen LogP contribution in [0.1, 0.15) is 74.1 Å². The first-order valence-electron chi connectivity index (χ1n) is 6.98. The molecule has 0 amide bonds. The summed E-state index contributed by atoms with van der Waals surface area (Å²) in [5.41, 5.74) is 1.53. The van der Waals surface area contributed by atoms with E-state index in [0.29, 0.717) is 5.04 Å². The third-order valence-electron chi connectivity index (χ3n) is 4.31. The molecule has 0 unspecified atom stereocenters. The largest absolute Gasteiger partial charge is 0.167 e. The van der Waals surface area contributed by atoms with Gasteiger partial charge in [-0.2, -0.15) is 11.1 Å². The van der Waals surface area contributed by atoms with Gasteiger partial charge in [0, 0.05) is 0 Å². The molecule has 0 fully saturated rings. The van der Waals surface area contributed by atoms with E-state index in [4.69, 9.17) is 11.1 Å². The Morgan fingerprint density at radius 3 is 1.19 bits per heavy atom. The standard InChI is InChI=1S/C14H31ClSi/c1-8-12(9-2)16(15,14(5,6)7)13(10-3)11-4/h12-13H,8-11H2,1-7H3. The number of hydrogen-bond acceptors (Lipinski definition) is 0. The molecule has 0 atom stereocenters. The summed E-state index contributed by atoms with van der Waals surface area (Å²) in [6.07, 6.45) is 5.00. The minimum Gasteiger partial charge on any atom is -0.166 e. The zero-order valence-corrected chi connectivity index (χ0v) is 14.1. The predicted octanol–water partition coefficient (Wildman–Crippen LogP) is 6.35. The average molecular weight is 263 g/mol. The average Bonchev–Trinajstić information content (AvgIpc) is 2.19. The molecular weight excluding hydrogens is 232 g/mol. The first-order chi connectivity index (χ1) is 7.29. The lowest BCUT2D eigenvalue weighted by Gasteiger charge is -2.47. The molecule has 0 rings (SSSR count). The van der Waals surface area contributed by atoms with E-state index in [1.54, 1.807) is 0 Å². The summed E-state index contributed by atoms with van der Waals surface area (Å²) in [7, 11) is -1.74. The minimum atomic E-state index is -1.74. The van der Waals surface area contributed by atoms with Crippen molar-refractivity contribution in [2.24, 2.45) is 0 Å². The fourth-order valence-electron chi connectivity index (χ4n) is 3.32. The van der Waals surface area contributed by atoms with E-state index >= 15 is 0 Å². The summed E-state index contributed by atoms with van der Waals surface area (Å²) in [6, 6.07) is 0. The van der Waals surface area contributed by atoms with Gasteiger partial charge in [0.15, 0.2) is 7.38 Å². The molecule has 0 N–H and O–H groups in total. The molecule has 2 heteroatoms. The Kier molecular flexibility index (Phi) is 6.65. The van der Waals surface area contributed by atoms with Gasteiger partial charge in [0.05, 0.1) is 0 Å². The highest BCUT2D eigenvalue weighted by Crippen LogP contribution is 2.57. The molecule has 0 aromatic carbocycles. The molecule has 0 aliphatic rings. The van der Waals surface area contributed by atoms with Crippen LogP contribution in [0.25, 0.3) is 0 Å². The lowest BCUT2D eigenvalue weighted by atomic mass is 10.2. The number of halogens is 1. The van der Waals surface area contributed by atoms with Crippen LogP contribution < -0.4 is 0 Å². The summed E-state index contributed by atoms with van der Waals surface area (Å²) in [5.74, 6) is 0. The zero-order valence-electron chi connectivity index (χ0n) is 12.4. The molecule has 0 aromatic heterocycles. The van der Waals surface area contributed by atoms with Crippen LogP contribution in [0.3, 0.4) is 0 Å². The van der Waals surface area contributed by atoms with Crippen molar-refractivity contribution in [3.05, 3.63) is 0 Å². The van der Waals surface area contributed by atoms with Crippen LogP contribution >= 0.6 is 11.1 Å². The maximum atomic E-state index is 7.29. The molecule has 0 saturated heterocycles. The Labute approximate surface area is 109 Å². The Balaban J connectivity index is 5.33. The maximum absolute atomic E-state index is 7.29. The summed E-state index contributed by atoms with van der Waals surface area (Å²) in [4.78, 5) is 0. The van der Waals surface area contributed by atoms with Crippen LogP contribution in [0.2, 0.25) is 16.1 Å². The first kappa shape index (κ1) is 16.5. The second kappa shape index (κ2) is 6.44. The van der Waals surface area contributed by atoms with E-state index in [-0.39, 0.29) is 0 Å². The molecule has 98 valence electrons. The normalized spacial score (nSPS) is 13.9. The molecule has 16 heavy (non-hydrogen) atoms. The minimum absolute atomic E-state index is 0.307. The summed E-state index contributed by atoms with van der Waals surface area (Å²) >= 11 is 7.29. The number of hydrogen-bond donors (Lipinski definition) is 0. The van der Waals surface area contributed by atoms with E-state index in [0.717, 1.165) is 11.1 Å². The van der Waals surface area contributed by atoms with Gasteiger partial charge in [-0.1, -0.05) is 74.1 Å². The Hall–Kier alpha value is 0.507. The van der Waals surface area contributed by atoms with Gasteiger partial charge < -0.3 is 0 Å². The van der Waals surface area contributed by atoms with Crippen LogP contribution in [0.15, 0.2) is 0 Å². The van der Waals surface area contributed by atoms with Crippen molar-refractivity contribution in [2.45, 2.75) is 90.3 Å². The Morgan fingerprint density at radius 2 is 1.06 bits per heavy atom. The van der Waals surface area contributed by atoms with Gasteiger partial charge in [0.1, 0.15) is 0 Å². The van der Waals surface area contributed by atoms with Gasteiger partial charge in [0.25, 0.3) is 0 Å². The van der Waals surface area contributed by atoms with E-state index in [9.17, 15) is 0 Å². The first-order valence-corrected chi connectivity index (χ1v) is 10.1. The molecule has 0 bridgehead atoms. The lowest BCUT2D eigenvalue weighted by molar-refractivity contribution is 0.596. The van der Waals surface area contributed by atoms with E-state index in [1.807, 2.05) is 0 Å². The smallest absolute Gasteiger partial charge is 0.166 e. The molecule has 0 aliphatic carbocycles.